The van der Waals surface area contributed by atoms with E-state index in [-0.39, 0.29) is 0 Å². The lowest BCUT2D eigenvalue weighted by Gasteiger charge is -2.06. The number of methoxy groups -OCH3 is 1. The summed E-state index contributed by atoms with van der Waals surface area (Å²) in [5.74, 6) is 1.09. The van der Waals surface area contributed by atoms with E-state index in [2.05, 4.69) is 20.3 Å². The van der Waals surface area contributed by atoms with Crippen LogP contribution >= 0.6 is 0 Å². The van der Waals surface area contributed by atoms with Gasteiger partial charge in [-0.15, -0.1) is 0 Å². The van der Waals surface area contributed by atoms with Crippen molar-refractivity contribution < 1.29 is 4.74 Å². The fraction of sp³-hybridized carbons (Fsp3) is 0.167. The summed E-state index contributed by atoms with van der Waals surface area (Å²) < 4.78 is 4.97. The third-order valence-corrected chi connectivity index (χ3v) is 2.30. The van der Waals surface area contributed by atoms with Crippen LogP contribution in [-0.2, 0) is 6.54 Å². The van der Waals surface area contributed by atoms with E-state index in [9.17, 15) is 0 Å². The molecule has 90 valence electrons. The first-order valence-electron chi connectivity index (χ1n) is 5.26. The van der Waals surface area contributed by atoms with Crippen LogP contribution in [0.15, 0.2) is 30.9 Å². The van der Waals surface area contributed by atoms with Crippen LogP contribution in [0, 0.1) is 11.3 Å². The molecule has 0 aliphatic rings. The zero-order valence-electron chi connectivity index (χ0n) is 9.79. The zero-order chi connectivity index (χ0) is 12.8. The highest BCUT2D eigenvalue weighted by Crippen LogP contribution is 2.11. The predicted octanol–water partition coefficient (Wildman–Crippen LogP) is 1.36. The molecule has 2 heterocycles. The summed E-state index contributed by atoms with van der Waals surface area (Å²) in [4.78, 5) is 11.9. The Morgan fingerprint density at radius 3 is 2.89 bits per heavy atom. The Labute approximate surface area is 104 Å². The second-order valence-electron chi connectivity index (χ2n) is 3.46. The summed E-state index contributed by atoms with van der Waals surface area (Å²) in [6, 6.07) is 5.70. The predicted molar refractivity (Wildman–Crippen MR) is 64.9 cm³/mol. The topological polar surface area (TPSA) is 83.7 Å². The summed E-state index contributed by atoms with van der Waals surface area (Å²) >= 11 is 0. The maximum Gasteiger partial charge on any atom is 0.212 e. The Hall–Kier alpha value is -2.68. The van der Waals surface area contributed by atoms with Gasteiger partial charge in [-0.1, -0.05) is 6.07 Å². The SMILES string of the molecule is COc1ccc(CNc2ncncc2C#N)cn1. The second kappa shape index (κ2) is 5.59. The monoisotopic (exact) mass is 241 g/mol. The minimum absolute atomic E-state index is 0.416. The lowest BCUT2D eigenvalue weighted by molar-refractivity contribution is 0.397. The van der Waals surface area contributed by atoms with E-state index in [1.165, 1.54) is 12.5 Å². The van der Waals surface area contributed by atoms with Crippen LogP contribution in [0.2, 0.25) is 0 Å². The number of hydrogen-bond donors (Lipinski definition) is 1. The molecule has 0 aliphatic carbocycles. The highest BCUT2D eigenvalue weighted by Gasteiger charge is 2.02. The number of nitrogens with one attached hydrogen (secondary N) is 1. The Morgan fingerprint density at radius 1 is 1.33 bits per heavy atom. The van der Waals surface area contributed by atoms with Crippen LogP contribution in [0.25, 0.3) is 0 Å². The van der Waals surface area contributed by atoms with Gasteiger partial charge in [-0.3, -0.25) is 0 Å². The first-order valence-corrected chi connectivity index (χ1v) is 5.26. The molecule has 18 heavy (non-hydrogen) atoms. The van der Waals surface area contributed by atoms with Crippen molar-refractivity contribution in [3.8, 4) is 11.9 Å². The Kier molecular flexibility index (Phi) is 3.66. The van der Waals surface area contributed by atoms with Gasteiger partial charge in [0.2, 0.25) is 5.88 Å². The van der Waals surface area contributed by atoms with Crippen LogP contribution in [0.4, 0.5) is 5.82 Å². The molecule has 0 radical (unpaired) electrons. The van der Waals surface area contributed by atoms with Gasteiger partial charge < -0.3 is 10.1 Å². The number of pyridine rings is 1. The molecular formula is C12H11N5O. The molecule has 6 heteroatoms. The van der Waals surface area contributed by atoms with Gasteiger partial charge in [0, 0.05) is 18.8 Å². The normalized spacial score (nSPS) is 9.56. The van der Waals surface area contributed by atoms with Gasteiger partial charge in [0.15, 0.2) is 0 Å². The number of aromatic nitrogens is 3. The molecule has 0 bridgehead atoms. The Balaban J connectivity index is 2.05. The van der Waals surface area contributed by atoms with Crippen LogP contribution in [0.3, 0.4) is 0 Å². The molecule has 0 aromatic carbocycles. The molecule has 0 aliphatic heterocycles. The van der Waals surface area contributed by atoms with E-state index in [1.807, 2.05) is 12.1 Å². The average Bonchev–Trinajstić information content (AvgIpc) is 2.46. The molecule has 0 saturated heterocycles. The van der Waals surface area contributed by atoms with Crippen LogP contribution in [0.1, 0.15) is 11.1 Å². The lowest BCUT2D eigenvalue weighted by Crippen LogP contribution is -2.04. The average molecular weight is 241 g/mol. The summed E-state index contributed by atoms with van der Waals surface area (Å²) in [7, 11) is 1.57. The highest BCUT2D eigenvalue weighted by atomic mass is 16.5. The number of rotatable bonds is 4. The quantitative estimate of drug-likeness (QED) is 0.870. The number of hydrogen-bond acceptors (Lipinski definition) is 6. The van der Waals surface area contributed by atoms with Crippen LogP contribution < -0.4 is 10.1 Å². The molecule has 6 nitrogen and oxygen atoms in total. The fourth-order valence-electron chi connectivity index (χ4n) is 1.37. The van der Waals surface area contributed by atoms with Crippen LogP contribution in [0.5, 0.6) is 5.88 Å². The van der Waals surface area contributed by atoms with Crippen molar-refractivity contribution in [1.82, 2.24) is 15.0 Å². The molecule has 2 rings (SSSR count). The molecule has 2 aromatic heterocycles. The Morgan fingerprint density at radius 2 is 2.22 bits per heavy atom. The summed E-state index contributed by atoms with van der Waals surface area (Å²) in [5, 5.41) is 11.9. The van der Waals surface area contributed by atoms with Crippen molar-refractivity contribution in [2.24, 2.45) is 0 Å². The molecule has 1 N–H and O–H groups in total. The van der Waals surface area contributed by atoms with Crippen molar-refractivity contribution in [1.29, 1.82) is 5.26 Å². The molecule has 0 atom stereocenters. The molecule has 0 saturated carbocycles. The van der Waals surface area contributed by atoms with Gasteiger partial charge in [-0.2, -0.15) is 5.26 Å². The molecule has 0 spiro atoms. The third kappa shape index (κ3) is 2.71. The number of ether oxygens (including phenoxy) is 1. The fourth-order valence-corrected chi connectivity index (χ4v) is 1.37. The first kappa shape index (κ1) is 11.8. The molecular weight excluding hydrogens is 230 g/mol. The van der Waals surface area contributed by atoms with E-state index in [0.717, 1.165) is 5.56 Å². The van der Waals surface area contributed by atoms with E-state index in [0.29, 0.717) is 23.8 Å². The zero-order valence-corrected chi connectivity index (χ0v) is 9.79. The van der Waals surface area contributed by atoms with E-state index < -0.39 is 0 Å². The largest absolute Gasteiger partial charge is 0.481 e. The van der Waals surface area contributed by atoms with E-state index >= 15 is 0 Å². The number of anilines is 1. The summed E-state index contributed by atoms with van der Waals surface area (Å²) in [6.07, 6.45) is 4.58. The lowest BCUT2D eigenvalue weighted by atomic mass is 10.2. The highest BCUT2D eigenvalue weighted by molar-refractivity contribution is 5.50. The van der Waals surface area contributed by atoms with Gasteiger partial charge in [0.25, 0.3) is 0 Å². The van der Waals surface area contributed by atoms with E-state index in [1.54, 1.807) is 19.4 Å². The Bertz CT molecular complexity index is 561. The molecule has 2 aromatic rings. The minimum atomic E-state index is 0.416. The smallest absolute Gasteiger partial charge is 0.212 e. The van der Waals surface area contributed by atoms with Gasteiger partial charge in [-0.25, -0.2) is 15.0 Å². The van der Waals surface area contributed by atoms with Gasteiger partial charge in [0.05, 0.1) is 13.3 Å². The summed E-state index contributed by atoms with van der Waals surface area (Å²) in [5.41, 5.74) is 1.39. The van der Waals surface area contributed by atoms with Gasteiger partial charge in [-0.05, 0) is 5.56 Å². The number of nitriles is 1. The minimum Gasteiger partial charge on any atom is -0.481 e. The van der Waals surface area contributed by atoms with Gasteiger partial charge in [0.1, 0.15) is 23.8 Å². The van der Waals surface area contributed by atoms with Crippen molar-refractivity contribution in [2.75, 3.05) is 12.4 Å². The molecule has 0 fully saturated rings. The van der Waals surface area contributed by atoms with Crippen molar-refractivity contribution in [3.05, 3.63) is 42.0 Å². The first-order chi connectivity index (χ1) is 8.83. The molecule has 0 amide bonds. The van der Waals surface area contributed by atoms with E-state index in [4.69, 9.17) is 10.00 Å². The maximum atomic E-state index is 8.89. The summed E-state index contributed by atoms with van der Waals surface area (Å²) in [6.45, 7) is 0.530. The standard InChI is InChI=1S/C12H11N5O/c1-18-11-3-2-9(5-15-11)6-16-12-10(4-13)7-14-8-17-12/h2-3,5,7-8H,6H2,1H3,(H,14,16,17). The van der Waals surface area contributed by atoms with Gasteiger partial charge >= 0.3 is 0 Å². The van der Waals surface area contributed by atoms with Crippen molar-refractivity contribution in [3.63, 3.8) is 0 Å². The van der Waals surface area contributed by atoms with Crippen molar-refractivity contribution >= 4 is 5.82 Å². The second-order valence-corrected chi connectivity index (χ2v) is 3.46. The third-order valence-electron chi connectivity index (χ3n) is 2.30. The maximum absolute atomic E-state index is 8.89. The van der Waals surface area contributed by atoms with Crippen molar-refractivity contribution in [2.45, 2.75) is 6.54 Å². The number of nitrogens with zero attached hydrogens (tertiary/aromatic N) is 4. The molecule has 0 unspecified atom stereocenters. The van der Waals surface area contributed by atoms with Crippen LogP contribution in [-0.4, -0.2) is 22.1 Å².